The van der Waals surface area contributed by atoms with Crippen molar-refractivity contribution in [2.45, 2.75) is 19.4 Å². The summed E-state index contributed by atoms with van der Waals surface area (Å²) < 4.78 is 0. The van der Waals surface area contributed by atoms with Crippen LogP contribution in [0.5, 0.6) is 0 Å². The molecule has 0 aliphatic carbocycles. The maximum absolute atomic E-state index is 9.23. The van der Waals surface area contributed by atoms with Crippen molar-refractivity contribution < 1.29 is 5.11 Å². The van der Waals surface area contributed by atoms with E-state index < -0.39 is 0 Å². The first-order chi connectivity index (χ1) is 7.27. The van der Waals surface area contributed by atoms with Gasteiger partial charge in [0.25, 0.3) is 0 Å². The molecule has 82 valence electrons. The maximum Gasteiger partial charge on any atom is 0.0740 e. The Morgan fingerprint density at radius 3 is 2.93 bits per heavy atom. The van der Waals surface area contributed by atoms with Gasteiger partial charge in [0.1, 0.15) is 0 Å². The number of aliphatic hydroxyl groups excluding tert-OH is 1. The molecule has 1 rings (SSSR count). The number of rotatable bonds is 5. The predicted molar refractivity (Wildman–Crippen MR) is 63.8 cm³/mol. The van der Waals surface area contributed by atoms with Gasteiger partial charge in [-0.05, 0) is 30.3 Å². The monoisotopic (exact) mass is 225 g/mol. The summed E-state index contributed by atoms with van der Waals surface area (Å²) in [6.45, 7) is 2.11. The van der Waals surface area contributed by atoms with Crippen LogP contribution < -0.4 is 5.32 Å². The Labute approximate surface area is 95.6 Å². The lowest BCUT2D eigenvalue weighted by Crippen LogP contribution is -2.19. The lowest BCUT2D eigenvalue weighted by Gasteiger charge is -2.15. The molecule has 0 heterocycles. The highest BCUT2D eigenvalue weighted by atomic mass is 35.5. The molecule has 3 heteroatoms. The van der Waals surface area contributed by atoms with Crippen LogP contribution in [0.4, 0.5) is 0 Å². The molecule has 0 aromatic heterocycles. The quantitative estimate of drug-likeness (QED) is 0.808. The number of hydrogen-bond donors (Lipinski definition) is 2. The van der Waals surface area contributed by atoms with E-state index in [0.717, 1.165) is 12.0 Å². The minimum atomic E-state index is -0.0912. The molecule has 0 amide bonds. The van der Waals surface area contributed by atoms with Crippen LogP contribution in [-0.4, -0.2) is 11.7 Å². The van der Waals surface area contributed by atoms with Gasteiger partial charge in [0.2, 0.25) is 0 Å². The van der Waals surface area contributed by atoms with Crippen molar-refractivity contribution in [1.82, 2.24) is 5.32 Å². The molecular formula is C12H16ClNO. The van der Waals surface area contributed by atoms with Crippen molar-refractivity contribution in [3.05, 3.63) is 47.1 Å². The molecule has 0 saturated heterocycles. The summed E-state index contributed by atoms with van der Waals surface area (Å²) in [5.41, 5.74) is 0.991. The van der Waals surface area contributed by atoms with Crippen LogP contribution in [0.3, 0.4) is 0 Å². The van der Waals surface area contributed by atoms with E-state index in [9.17, 15) is 5.11 Å². The van der Waals surface area contributed by atoms with Crippen LogP contribution in [0, 0.1) is 0 Å². The Kier molecular flexibility index (Phi) is 5.22. The Morgan fingerprint density at radius 2 is 2.33 bits per heavy atom. The first-order valence-corrected chi connectivity index (χ1v) is 5.43. The first kappa shape index (κ1) is 12.1. The fraction of sp³-hybridized carbons (Fsp3) is 0.333. The van der Waals surface area contributed by atoms with Gasteiger partial charge < -0.3 is 10.4 Å². The van der Waals surface area contributed by atoms with Crippen molar-refractivity contribution in [2.75, 3.05) is 6.61 Å². The average Bonchev–Trinajstić information content (AvgIpc) is 2.24. The van der Waals surface area contributed by atoms with Crippen LogP contribution in [0.2, 0.25) is 5.02 Å². The zero-order valence-electron chi connectivity index (χ0n) is 8.78. The van der Waals surface area contributed by atoms with Crippen LogP contribution in [0.25, 0.3) is 0 Å². The third kappa shape index (κ3) is 3.94. The maximum atomic E-state index is 9.23. The molecule has 0 unspecified atom stereocenters. The lowest BCUT2D eigenvalue weighted by molar-refractivity contribution is 0.254. The zero-order valence-corrected chi connectivity index (χ0v) is 9.54. The summed E-state index contributed by atoms with van der Waals surface area (Å²) in [5.74, 6) is 0. The molecule has 2 nitrogen and oxygen atoms in total. The van der Waals surface area contributed by atoms with Gasteiger partial charge in [-0.25, -0.2) is 0 Å². The van der Waals surface area contributed by atoms with E-state index in [1.807, 2.05) is 36.5 Å². The van der Waals surface area contributed by atoms with Crippen molar-refractivity contribution in [3.8, 4) is 0 Å². The zero-order chi connectivity index (χ0) is 11.1. The lowest BCUT2D eigenvalue weighted by atomic mass is 10.1. The Hall–Kier alpha value is -0.990. The van der Waals surface area contributed by atoms with Gasteiger partial charge in [-0.15, -0.1) is 0 Å². The van der Waals surface area contributed by atoms with Gasteiger partial charge in [0, 0.05) is 5.02 Å². The summed E-state index contributed by atoms with van der Waals surface area (Å²) in [6.07, 6.45) is 4.84. The molecule has 0 radical (unpaired) electrons. The van der Waals surface area contributed by atoms with Gasteiger partial charge in [0.05, 0.1) is 12.6 Å². The van der Waals surface area contributed by atoms with Crippen molar-refractivity contribution in [2.24, 2.45) is 0 Å². The highest BCUT2D eigenvalue weighted by Gasteiger charge is 2.07. The van der Waals surface area contributed by atoms with Crippen LogP contribution in [0.15, 0.2) is 36.5 Å². The molecule has 0 fully saturated rings. The van der Waals surface area contributed by atoms with Crippen LogP contribution in [0.1, 0.15) is 24.9 Å². The molecular weight excluding hydrogens is 210 g/mol. The largest absolute Gasteiger partial charge is 0.394 e. The number of nitrogens with one attached hydrogen (secondary N) is 1. The number of allylic oxidation sites excluding steroid dienone is 1. The van der Waals surface area contributed by atoms with E-state index in [1.165, 1.54) is 0 Å². The summed E-state index contributed by atoms with van der Waals surface area (Å²) in [6, 6.07) is 7.41. The topological polar surface area (TPSA) is 32.3 Å². The molecule has 0 saturated carbocycles. The van der Waals surface area contributed by atoms with Crippen LogP contribution >= 0.6 is 11.6 Å². The van der Waals surface area contributed by atoms with E-state index in [0.29, 0.717) is 5.02 Å². The molecule has 0 aliphatic rings. The molecule has 1 aromatic carbocycles. The van der Waals surface area contributed by atoms with E-state index in [1.54, 1.807) is 0 Å². The molecule has 1 aromatic rings. The predicted octanol–water partition coefficient (Wildman–Crippen LogP) is 2.89. The smallest absolute Gasteiger partial charge is 0.0740 e. The Balaban J connectivity index is 2.69. The number of benzene rings is 1. The number of halogens is 1. The molecule has 0 bridgehead atoms. The van der Waals surface area contributed by atoms with Crippen molar-refractivity contribution >= 4 is 11.6 Å². The van der Waals surface area contributed by atoms with Gasteiger partial charge in [-0.1, -0.05) is 36.7 Å². The highest BCUT2D eigenvalue weighted by molar-refractivity contribution is 6.30. The third-order valence-corrected chi connectivity index (χ3v) is 2.32. The standard InChI is InChI=1S/C12H16ClNO/c1-2-3-7-14-12(9-15)10-5-4-6-11(13)8-10/h3-8,12,14-15H,2,9H2,1H3/b7-3-/t12-/m1/s1. The minimum absolute atomic E-state index is 0.0500. The first-order valence-electron chi connectivity index (χ1n) is 5.05. The SMILES string of the molecule is CC/C=C\N[C@H](CO)c1cccc(Cl)c1. The minimum Gasteiger partial charge on any atom is -0.394 e. The Morgan fingerprint density at radius 1 is 1.53 bits per heavy atom. The second-order valence-corrected chi connectivity index (χ2v) is 3.70. The molecule has 0 spiro atoms. The Bertz CT molecular complexity index is 325. The van der Waals surface area contributed by atoms with E-state index in [-0.39, 0.29) is 12.6 Å². The third-order valence-electron chi connectivity index (χ3n) is 2.08. The number of aliphatic hydroxyl groups is 1. The highest BCUT2D eigenvalue weighted by Crippen LogP contribution is 2.17. The normalized spacial score (nSPS) is 13.0. The van der Waals surface area contributed by atoms with Gasteiger partial charge in [-0.2, -0.15) is 0 Å². The summed E-state index contributed by atoms with van der Waals surface area (Å²) in [4.78, 5) is 0. The van der Waals surface area contributed by atoms with Gasteiger partial charge in [0.15, 0.2) is 0 Å². The molecule has 2 N–H and O–H groups in total. The fourth-order valence-corrected chi connectivity index (χ4v) is 1.48. The average molecular weight is 226 g/mol. The van der Waals surface area contributed by atoms with Crippen LogP contribution in [-0.2, 0) is 0 Å². The number of hydrogen-bond acceptors (Lipinski definition) is 2. The second kappa shape index (κ2) is 6.49. The van der Waals surface area contributed by atoms with Crippen molar-refractivity contribution in [3.63, 3.8) is 0 Å². The van der Waals surface area contributed by atoms with Crippen molar-refractivity contribution in [1.29, 1.82) is 0 Å². The second-order valence-electron chi connectivity index (χ2n) is 3.27. The van der Waals surface area contributed by atoms with E-state index >= 15 is 0 Å². The van der Waals surface area contributed by atoms with Gasteiger partial charge in [-0.3, -0.25) is 0 Å². The van der Waals surface area contributed by atoms with Gasteiger partial charge >= 0.3 is 0 Å². The summed E-state index contributed by atoms with van der Waals surface area (Å²) in [7, 11) is 0. The molecule has 15 heavy (non-hydrogen) atoms. The summed E-state index contributed by atoms with van der Waals surface area (Å²) >= 11 is 5.88. The molecule has 0 aliphatic heterocycles. The molecule has 1 atom stereocenters. The fourth-order valence-electron chi connectivity index (χ4n) is 1.28. The summed E-state index contributed by atoms with van der Waals surface area (Å²) in [5, 5.41) is 13.0. The van der Waals surface area contributed by atoms with E-state index in [2.05, 4.69) is 12.2 Å². The van der Waals surface area contributed by atoms with E-state index in [4.69, 9.17) is 11.6 Å².